The number of unbranched alkanes of at least 4 members (excludes halogenated alkanes) is 1. The van der Waals surface area contributed by atoms with Crippen LogP contribution in [0.25, 0.3) is 0 Å². The van der Waals surface area contributed by atoms with E-state index in [0.717, 1.165) is 6.42 Å². The fourth-order valence-electron chi connectivity index (χ4n) is 1.01. The van der Waals surface area contributed by atoms with E-state index in [4.69, 9.17) is 14.5 Å². The number of ether oxygens (including phenoxy) is 1. The minimum absolute atomic E-state index is 0.524. The minimum atomic E-state index is 0.524. The van der Waals surface area contributed by atoms with Gasteiger partial charge in [-0.05, 0) is 6.42 Å². The van der Waals surface area contributed by atoms with Gasteiger partial charge in [-0.25, -0.2) is 0 Å². The van der Waals surface area contributed by atoms with E-state index in [-0.39, 0.29) is 0 Å². The van der Waals surface area contributed by atoms with Crippen molar-refractivity contribution < 1.29 is 9.26 Å². The molecule has 0 unspecified atom stereocenters. The fraction of sp³-hybridized carbons (Fsp3) is 0.667. The first-order chi connectivity index (χ1) is 6.86. The van der Waals surface area contributed by atoms with Crippen LogP contribution in [0.4, 0.5) is 0 Å². The molecule has 0 aliphatic carbocycles. The summed E-state index contributed by atoms with van der Waals surface area (Å²) in [6.45, 7) is 0.594. The Morgan fingerprint density at radius 1 is 1.50 bits per heavy atom. The molecular weight excluding hydrogens is 182 g/mol. The fourth-order valence-corrected chi connectivity index (χ4v) is 1.01. The SMILES string of the molecule is COCCc1noc(CCCC#N)n1. The summed E-state index contributed by atoms with van der Waals surface area (Å²) in [5, 5.41) is 12.1. The molecule has 14 heavy (non-hydrogen) atoms. The Kier molecular flexibility index (Phi) is 4.65. The Labute approximate surface area is 82.7 Å². The molecule has 0 aromatic carbocycles. The summed E-state index contributed by atoms with van der Waals surface area (Å²) in [4.78, 5) is 4.15. The first-order valence-electron chi connectivity index (χ1n) is 4.54. The molecule has 76 valence electrons. The molecule has 0 amide bonds. The predicted molar refractivity (Wildman–Crippen MR) is 48.4 cm³/mol. The van der Waals surface area contributed by atoms with Gasteiger partial charge >= 0.3 is 0 Å². The van der Waals surface area contributed by atoms with Crippen molar-refractivity contribution in [3.63, 3.8) is 0 Å². The van der Waals surface area contributed by atoms with E-state index in [0.29, 0.717) is 37.6 Å². The zero-order chi connectivity index (χ0) is 10.2. The van der Waals surface area contributed by atoms with Gasteiger partial charge < -0.3 is 9.26 Å². The van der Waals surface area contributed by atoms with Crippen LogP contribution in [-0.2, 0) is 17.6 Å². The standard InChI is InChI=1S/C9H13N3O2/c1-13-7-5-8-11-9(14-12-8)4-2-3-6-10/h2-5,7H2,1H3. The molecule has 1 rings (SSSR count). The zero-order valence-electron chi connectivity index (χ0n) is 8.19. The molecule has 0 aliphatic rings. The minimum Gasteiger partial charge on any atom is -0.384 e. The maximum Gasteiger partial charge on any atom is 0.226 e. The molecular formula is C9H13N3O2. The van der Waals surface area contributed by atoms with Crippen LogP contribution in [0, 0.1) is 11.3 Å². The lowest BCUT2D eigenvalue weighted by Gasteiger charge is -1.90. The summed E-state index contributed by atoms with van der Waals surface area (Å²) >= 11 is 0. The third-order valence-corrected chi connectivity index (χ3v) is 1.72. The summed E-state index contributed by atoms with van der Waals surface area (Å²) in [6.07, 6.45) is 2.63. The van der Waals surface area contributed by atoms with Crippen LogP contribution in [0.2, 0.25) is 0 Å². The van der Waals surface area contributed by atoms with Crippen molar-refractivity contribution in [3.8, 4) is 6.07 Å². The Morgan fingerprint density at radius 3 is 3.07 bits per heavy atom. The van der Waals surface area contributed by atoms with E-state index >= 15 is 0 Å². The quantitative estimate of drug-likeness (QED) is 0.635. The first-order valence-corrected chi connectivity index (χ1v) is 4.54. The lowest BCUT2D eigenvalue weighted by molar-refractivity contribution is 0.199. The molecule has 1 aromatic heterocycles. The van der Waals surface area contributed by atoms with Crippen molar-refractivity contribution in [3.05, 3.63) is 11.7 Å². The normalized spacial score (nSPS) is 10.0. The van der Waals surface area contributed by atoms with Gasteiger partial charge in [-0.3, -0.25) is 0 Å². The molecule has 0 aliphatic heterocycles. The van der Waals surface area contributed by atoms with Crippen molar-refractivity contribution in [2.24, 2.45) is 0 Å². The summed E-state index contributed by atoms with van der Waals surface area (Å²) in [7, 11) is 1.63. The molecule has 5 nitrogen and oxygen atoms in total. The number of rotatable bonds is 6. The number of aryl methyl sites for hydroxylation is 1. The molecule has 0 saturated heterocycles. The average Bonchev–Trinajstić information content (AvgIpc) is 2.63. The van der Waals surface area contributed by atoms with Crippen LogP contribution in [-0.4, -0.2) is 23.9 Å². The van der Waals surface area contributed by atoms with Crippen molar-refractivity contribution >= 4 is 0 Å². The molecule has 0 N–H and O–H groups in total. The van der Waals surface area contributed by atoms with Crippen molar-refractivity contribution in [2.45, 2.75) is 25.7 Å². The molecule has 0 atom stereocenters. The summed E-state index contributed by atoms with van der Waals surface area (Å²) in [5.41, 5.74) is 0. The molecule has 0 bridgehead atoms. The average molecular weight is 195 g/mol. The largest absolute Gasteiger partial charge is 0.384 e. The van der Waals surface area contributed by atoms with Crippen LogP contribution in [0.5, 0.6) is 0 Å². The summed E-state index contributed by atoms with van der Waals surface area (Å²) in [5.74, 6) is 1.27. The molecule has 0 spiro atoms. The maximum atomic E-state index is 8.33. The van der Waals surface area contributed by atoms with Gasteiger partial charge in [0.05, 0.1) is 12.7 Å². The highest BCUT2D eigenvalue weighted by atomic mass is 16.5. The molecule has 5 heteroatoms. The third-order valence-electron chi connectivity index (χ3n) is 1.72. The van der Waals surface area contributed by atoms with E-state index in [1.165, 1.54) is 0 Å². The Morgan fingerprint density at radius 2 is 2.36 bits per heavy atom. The highest BCUT2D eigenvalue weighted by molar-refractivity contribution is 4.87. The highest BCUT2D eigenvalue weighted by Gasteiger charge is 2.04. The molecule has 0 radical (unpaired) electrons. The van der Waals surface area contributed by atoms with Gasteiger partial charge in [0, 0.05) is 26.4 Å². The monoisotopic (exact) mass is 195 g/mol. The van der Waals surface area contributed by atoms with Crippen LogP contribution in [0.3, 0.4) is 0 Å². The third kappa shape index (κ3) is 3.54. The number of nitrogens with zero attached hydrogens (tertiary/aromatic N) is 3. The van der Waals surface area contributed by atoms with Gasteiger partial charge in [0.25, 0.3) is 0 Å². The lowest BCUT2D eigenvalue weighted by Crippen LogP contribution is -1.96. The van der Waals surface area contributed by atoms with E-state index in [1.807, 2.05) is 0 Å². The Bertz CT molecular complexity index is 303. The topological polar surface area (TPSA) is 71.9 Å². The van der Waals surface area contributed by atoms with Gasteiger partial charge in [-0.1, -0.05) is 5.16 Å². The second-order valence-corrected chi connectivity index (χ2v) is 2.86. The zero-order valence-corrected chi connectivity index (χ0v) is 8.19. The van der Waals surface area contributed by atoms with Gasteiger partial charge in [0.15, 0.2) is 5.82 Å². The molecule has 0 fully saturated rings. The number of aromatic nitrogens is 2. The van der Waals surface area contributed by atoms with E-state index in [1.54, 1.807) is 7.11 Å². The van der Waals surface area contributed by atoms with Crippen LogP contribution in [0.15, 0.2) is 4.52 Å². The highest BCUT2D eigenvalue weighted by Crippen LogP contribution is 2.03. The number of hydrogen-bond donors (Lipinski definition) is 0. The number of nitriles is 1. The molecule has 0 saturated carbocycles. The van der Waals surface area contributed by atoms with Gasteiger partial charge in [-0.15, -0.1) is 0 Å². The van der Waals surface area contributed by atoms with Crippen molar-refractivity contribution in [2.75, 3.05) is 13.7 Å². The van der Waals surface area contributed by atoms with Gasteiger partial charge in [0.1, 0.15) is 0 Å². The van der Waals surface area contributed by atoms with Crippen molar-refractivity contribution in [1.82, 2.24) is 10.1 Å². The summed E-state index contributed by atoms with van der Waals surface area (Å²) in [6, 6.07) is 2.07. The maximum absolute atomic E-state index is 8.33. The lowest BCUT2D eigenvalue weighted by atomic mass is 10.2. The van der Waals surface area contributed by atoms with Gasteiger partial charge in [-0.2, -0.15) is 10.2 Å². The van der Waals surface area contributed by atoms with E-state index in [2.05, 4.69) is 16.2 Å². The van der Waals surface area contributed by atoms with Gasteiger partial charge in [0.2, 0.25) is 5.89 Å². The van der Waals surface area contributed by atoms with Crippen LogP contribution < -0.4 is 0 Å². The second kappa shape index (κ2) is 6.11. The summed E-state index contributed by atoms with van der Waals surface area (Å²) < 4.78 is 9.87. The smallest absolute Gasteiger partial charge is 0.226 e. The molecule has 1 heterocycles. The number of methoxy groups -OCH3 is 1. The molecule has 1 aromatic rings. The van der Waals surface area contributed by atoms with Crippen molar-refractivity contribution in [1.29, 1.82) is 5.26 Å². The number of hydrogen-bond acceptors (Lipinski definition) is 5. The van der Waals surface area contributed by atoms with Crippen LogP contribution in [0.1, 0.15) is 24.6 Å². The van der Waals surface area contributed by atoms with Crippen LogP contribution >= 0.6 is 0 Å². The Hall–Kier alpha value is -1.41. The van der Waals surface area contributed by atoms with E-state index in [9.17, 15) is 0 Å². The first kappa shape index (κ1) is 10.7. The Balaban J connectivity index is 2.32. The second-order valence-electron chi connectivity index (χ2n) is 2.86. The predicted octanol–water partition coefficient (Wildman–Crippen LogP) is 1.10. The van der Waals surface area contributed by atoms with E-state index < -0.39 is 0 Å².